The van der Waals surface area contributed by atoms with Crippen molar-refractivity contribution in [3.05, 3.63) is 51.9 Å². The van der Waals surface area contributed by atoms with E-state index < -0.39 is 0 Å². The van der Waals surface area contributed by atoms with E-state index in [2.05, 4.69) is 11.9 Å². The second-order valence-corrected chi connectivity index (χ2v) is 5.27. The van der Waals surface area contributed by atoms with Crippen LogP contribution >= 0.6 is 0 Å². The van der Waals surface area contributed by atoms with E-state index in [0.717, 1.165) is 36.3 Å². The van der Waals surface area contributed by atoms with Gasteiger partial charge in [-0.05, 0) is 37.1 Å². The molecular formula is C18H20N2O2. The molecule has 0 bridgehead atoms. The number of ether oxygens (including phenoxy) is 1. The number of aromatic amines is 1. The Morgan fingerprint density at radius 2 is 2.09 bits per heavy atom. The number of aromatic nitrogens is 1. The van der Waals surface area contributed by atoms with Crippen molar-refractivity contribution in [3.63, 3.8) is 0 Å². The lowest BCUT2D eigenvalue weighted by Crippen LogP contribution is -2.12. The van der Waals surface area contributed by atoms with Crippen molar-refractivity contribution in [2.75, 3.05) is 6.61 Å². The number of nitrogens with one attached hydrogen (secondary N) is 1. The Hall–Kier alpha value is -2.54. The molecule has 2 aromatic rings. The summed E-state index contributed by atoms with van der Waals surface area (Å²) in [5.41, 5.74) is 1.97. The number of aryl methyl sites for hydroxylation is 1. The fourth-order valence-corrected chi connectivity index (χ4v) is 2.32. The van der Waals surface area contributed by atoms with Crippen molar-refractivity contribution >= 4 is 0 Å². The van der Waals surface area contributed by atoms with Crippen LogP contribution in [-0.2, 0) is 0 Å². The van der Waals surface area contributed by atoms with Crippen molar-refractivity contribution in [2.45, 2.75) is 33.1 Å². The summed E-state index contributed by atoms with van der Waals surface area (Å²) >= 11 is 0. The van der Waals surface area contributed by atoms with Gasteiger partial charge >= 0.3 is 0 Å². The van der Waals surface area contributed by atoms with Crippen LogP contribution in [0.5, 0.6) is 5.75 Å². The first-order valence-corrected chi connectivity index (χ1v) is 7.53. The van der Waals surface area contributed by atoms with Crippen LogP contribution in [0.15, 0.2) is 35.1 Å². The van der Waals surface area contributed by atoms with Gasteiger partial charge in [0.15, 0.2) is 0 Å². The molecule has 4 heteroatoms. The first kappa shape index (κ1) is 15.8. The Labute approximate surface area is 130 Å². The average Bonchev–Trinajstić information content (AvgIpc) is 2.51. The quantitative estimate of drug-likeness (QED) is 0.825. The molecule has 0 radical (unpaired) electrons. The molecule has 0 spiro atoms. The van der Waals surface area contributed by atoms with Crippen molar-refractivity contribution in [2.24, 2.45) is 0 Å². The lowest BCUT2D eigenvalue weighted by Gasteiger charge is -2.09. The minimum absolute atomic E-state index is 0.133. The van der Waals surface area contributed by atoms with Crippen LogP contribution in [0.25, 0.3) is 11.1 Å². The Kier molecular flexibility index (Phi) is 5.37. The molecule has 1 aromatic carbocycles. The number of hydrogen-bond acceptors (Lipinski definition) is 3. The van der Waals surface area contributed by atoms with Crippen LogP contribution in [-0.4, -0.2) is 11.6 Å². The Morgan fingerprint density at radius 1 is 1.27 bits per heavy atom. The predicted octanol–water partition coefficient (Wildman–Crippen LogP) is 3.79. The molecule has 0 aliphatic heterocycles. The molecular weight excluding hydrogens is 276 g/mol. The number of hydrogen-bond donors (Lipinski definition) is 1. The van der Waals surface area contributed by atoms with Crippen LogP contribution in [0, 0.1) is 18.3 Å². The second-order valence-electron chi connectivity index (χ2n) is 5.27. The van der Waals surface area contributed by atoms with E-state index in [1.54, 1.807) is 6.92 Å². The summed E-state index contributed by atoms with van der Waals surface area (Å²) in [6.07, 6.45) is 3.32. The number of H-pyrrole nitrogens is 1. The van der Waals surface area contributed by atoms with Crippen molar-refractivity contribution in [1.82, 2.24) is 4.98 Å². The normalized spacial score (nSPS) is 10.2. The zero-order valence-corrected chi connectivity index (χ0v) is 13.0. The lowest BCUT2D eigenvalue weighted by atomic mass is 10.0. The SMILES string of the molecule is CCCCCOc1cccc(-c2cc(C)[nH]c(=O)c2C#N)c1. The van der Waals surface area contributed by atoms with Gasteiger partial charge in [-0.3, -0.25) is 4.79 Å². The molecule has 1 aromatic heterocycles. The fraction of sp³-hybridized carbons (Fsp3) is 0.333. The van der Waals surface area contributed by atoms with Crippen molar-refractivity contribution in [3.8, 4) is 22.9 Å². The Morgan fingerprint density at radius 3 is 2.82 bits per heavy atom. The van der Waals surface area contributed by atoms with Crippen molar-refractivity contribution < 1.29 is 4.74 Å². The zero-order chi connectivity index (χ0) is 15.9. The van der Waals surface area contributed by atoms with Gasteiger partial charge in [-0.25, -0.2) is 0 Å². The van der Waals surface area contributed by atoms with Crippen LogP contribution in [0.3, 0.4) is 0 Å². The molecule has 4 nitrogen and oxygen atoms in total. The van der Waals surface area contributed by atoms with E-state index in [4.69, 9.17) is 4.74 Å². The van der Waals surface area contributed by atoms with Crippen LogP contribution in [0.2, 0.25) is 0 Å². The molecule has 0 saturated heterocycles. The van der Waals surface area contributed by atoms with Gasteiger partial charge < -0.3 is 9.72 Å². The Bertz CT molecular complexity index is 741. The molecule has 0 aliphatic carbocycles. The average molecular weight is 296 g/mol. The molecule has 1 N–H and O–H groups in total. The summed E-state index contributed by atoms with van der Waals surface area (Å²) in [5, 5.41) is 9.22. The molecule has 0 saturated carbocycles. The monoisotopic (exact) mass is 296 g/mol. The molecule has 2 rings (SSSR count). The predicted molar refractivity (Wildman–Crippen MR) is 87.0 cm³/mol. The second kappa shape index (κ2) is 7.46. The number of rotatable bonds is 6. The topological polar surface area (TPSA) is 65.9 Å². The van der Waals surface area contributed by atoms with Gasteiger partial charge in [0.2, 0.25) is 0 Å². The molecule has 22 heavy (non-hydrogen) atoms. The maximum absolute atomic E-state index is 11.9. The first-order chi connectivity index (χ1) is 10.7. The maximum atomic E-state index is 11.9. The summed E-state index contributed by atoms with van der Waals surface area (Å²) in [6.45, 7) is 4.63. The highest BCUT2D eigenvalue weighted by molar-refractivity contribution is 5.71. The highest BCUT2D eigenvalue weighted by Crippen LogP contribution is 2.25. The minimum Gasteiger partial charge on any atom is -0.494 e. The van der Waals surface area contributed by atoms with Gasteiger partial charge in [0.05, 0.1) is 6.61 Å². The lowest BCUT2D eigenvalue weighted by molar-refractivity contribution is 0.306. The van der Waals surface area contributed by atoms with E-state index >= 15 is 0 Å². The molecule has 0 unspecified atom stereocenters. The first-order valence-electron chi connectivity index (χ1n) is 7.53. The molecule has 114 valence electrons. The van der Waals surface area contributed by atoms with Gasteiger partial charge in [-0.15, -0.1) is 0 Å². The van der Waals surface area contributed by atoms with Crippen LogP contribution in [0.4, 0.5) is 0 Å². The molecule has 0 fully saturated rings. The number of benzene rings is 1. The van der Waals surface area contributed by atoms with Gasteiger partial charge in [-0.2, -0.15) is 5.26 Å². The summed E-state index contributed by atoms with van der Waals surface area (Å²) in [7, 11) is 0. The minimum atomic E-state index is -0.355. The Balaban J connectivity index is 2.30. The maximum Gasteiger partial charge on any atom is 0.266 e. The van der Waals surface area contributed by atoms with E-state index in [-0.39, 0.29) is 11.1 Å². The van der Waals surface area contributed by atoms with E-state index in [1.807, 2.05) is 36.4 Å². The number of nitrogens with zero attached hydrogens (tertiary/aromatic N) is 1. The molecule has 0 atom stereocenters. The number of pyridine rings is 1. The third-order valence-electron chi connectivity index (χ3n) is 3.44. The summed E-state index contributed by atoms with van der Waals surface area (Å²) in [4.78, 5) is 14.5. The van der Waals surface area contributed by atoms with Gasteiger partial charge in [0.1, 0.15) is 17.4 Å². The third-order valence-corrected chi connectivity index (χ3v) is 3.44. The van der Waals surface area contributed by atoms with Gasteiger partial charge in [0.25, 0.3) is 5.56 Å². The number of nitriles is 1. The standard InChI is InChI=1S/C18H20N2O2/c1-3-4-5-9-22-15-8-6-7-14(11-15)16-10-13(2)20-18(21)17(16)12-19/h6-8,10-11H,3-5,9H2,1-2H3,(H,20,21). The van der Waals surface area contributed by atoms with Crippen LogP contribution < -0.4 is 10.3 Å². The molecule has 1 heterocycles. The van der Waals surface area contributed by atoms with Crippen LogP contribution in [0.1, 0.15) is 37.4 Å². The molecule has 0 aliphatic rings. The smallest absolute Gasteiger partial charge is 0.266 e. The third kappa shape index (κ3) is 3.76. The summed E-state index contributed by atoms with van der Waals surface area (Å²) < 4.78 is 5.74. The highest BCUT2D eigenvalue weighted by Gasteiger charge is 2.10. The summed E-state index contributed by atoms with van der Waals surface area (Å²) in [5.74, 6) is 0.760. The zero-order valence-electron chi connectivity index (χ0n) is 13.0. The summed E-state index contributed by atoms with van der Waals surface area (Å²) in [6, 6.07) is 11.3. The fourth-order valence-electron chi connectivity index (χ4n) is 2.32. The highest BCUT2D eigenvalue weighted by atomic mass is 16.5. The molecule has 0 amide bonds. The van der Waals surface area contributed by atoms with Gasteiger partial charge in [-0.1, -0.05) is 31.9 Å². The van der Waals surface area contributed by atoms with Gasteiger partial charge in [0, 0.05) is 11.3 Å². The van der Waals surface area contributed by atoms with E-state index in [9.17, 15) is 10.1 Å². The van der Waals surface area contributed by atoms with Crippen molar-refractivity contribution in [1.29, 1.82) is 5.26 Å². The number of unbranched alkanes of at least 4 members (excludes halogenated alkanes) is 2. The largest absolute Gasteiger partial charge is 0.494 e. The van der Waals surface area contributed by atoms with E-state index in [1.165, 1.54) is 0 Å². The van der Waals surface area contributed by atoms with E-state index in [0.29, 0.717) is 12.2 Å².